The average molecular weight is 284 g/mol. The van der Waals surface area contributed by atoms with Crippen LogP contribution < -0.4 is 5.32 Å². The average Bonchev–Trinajstić information content (AvgIpc) is 2.59. The van der Waals surface area contributed by atoms with Crippen molar-refractivity contribution in [1.29, 1.82) is 0 Å². The lowest BCUT2D eigenvalue weighted by Gasteiger charge is -2.28. The Morgan fingerprint density at radius 1 is 1.20 bits per heavy atom. The number of esters is 1. The zero-order chi connectivity index (χ0) is 15.6. The molecule has 1 saturated heterocycles. The molecule has 0 aromatic heterocycles. The molecule has 0 spiro atoms. The van der Waals surface area contributed by atoms with Gasteiger partial charge in [0.2, 0.25) is 5.91 Å². The molecule has 1 aliphatic rings. The van der Waals surface area contributed by atoms with E-state index in [2.05, 4.69) is 5.32 Å². The molecule has 1 fully saturated rings. The predicted molar refractivity (Wildman–Crippen MR) is 78.3 cm³/mol. The van der Waals surface area contributed by atoms with Gasteiger partial charge in [0.1, 0.15) is 11.6 Å². The third-order valence-electron chi connectivity index (χ3n) is 2.90. The minimum Gasteiger partial charge on any atom is -0.459 e. The van der Waals surface area contributed by atoms with E-state index in [1.165, 1.54) is 0 Å². The number of hydrogen-bond acceptors (Lipinski definition) is 4. The minimum absolute atomic E-state index is 0.0482. The van der Waals surface area contributed by atoms with E-state index in [0.717, 1.165) is 19.4 Å². The smallest absolute Gasteiger partial charge is 0.323 e. The van der Waals surface area contributed by atoms with Crippen LogP contribution in [0.2, 0.25) is 0 Å². The first kappa shape index (κ1) is 17.0. The summed E-state index contributed by atoms with van der Waals surface area (Å²) >= 11 is 0. The predicted octanol–water partition coefficient (Wildman–Crippen LogP) is 1.71. The highest BCUT2D eigenvalue weighted by Crippen LogP contribution is 2.20. The highest BCUT2D eigenvalue weighted by Gasteiger charge is 2.35. The van der Waals surface area contributed by atoms with E-state index in [4.69, 9.17) is 4.74 Å². The van der Waals surface area contributed by atoms with E-state index in [0.29, 0.717) is 0 Å². The quantitative estimate of drug-likeness (QED) is 0.802. The standard InChI is InChI=1S/C15H28N2O3/c1-14(2,3)16-12(18)10-17-9-7-8-11(17)13(19)20-15(4,5)6/h11H,7-10H2,1-6H3,(H,16,18)/t11-/m0/s1. The Labute approximate surface area is 122 Å². The lowest BCUT2D eigenvalue weighted by atomic mass is 10.1. The van der Waals surface area contributed by atoms with Crippen LogP contribution in [0.5, 0.6) is 0 Å². The number of carbonyl (C=O) groups is 2. The van der Waals surface area contributed by atoms with Crippen LogP contribution in [0.4, 0.5) is 0 Å². The SMILES string of the molecule is CC(C)(C)NC(=O)CN1CCC[C@H]1C(=O)OC(C)(C)C. The second kappa shape index (κ2) is 6.12. The van der Waals surface area contributed by atoms with E-state index in [9.17, 15) is 9.59 Å². The molecule has 1 amide bonds. The molecule has 0 radical (unpaired) electrons. The number of hydrogen-bond donors (Lipinski definition) is 1. The summed E-state index contributed by atoms with van der Waals surface area (Å²) in [5, 5.41) is 2.92. The Bertz CT molecular complexity index is 366. The molecule has 1 atom stereocenters. The van der Waals surface area contributed by atoms with Crippen molar-refractivity contribution in [1.82, 2.24) is 10.2 Å². The number of amides is 1. The van der Waals surface area contributed by atoms with Crippen molar-refractivity contribution in [3.8, 4) is 0 Å². The van der Waals surface area contributed by atoms with Gasteiger partial charge in [-0.15, -0.1) is 0 Å². The van der Waals surface area contributed by atoms with E-state index in [1.807, 2.05) is 46.4 Å². The summed E-state index contributed by atoms with van der Waals surface area (Å²) in [6.07, 6.45) is 1.68. The van der Waals surface area contributed by atoms with Gasteiger partial charge in [0.15, 0.2) is 0 Å². The largest absolute Gasteiger partial charge is 0.459 e. The van der Waals surface area contributed by atoms with Crippen molar-refractivity contribution >= 4 is 11.9 Å². The lowest BCUT2D eigenvalue weighted by molar-refractivity contribution is -0.160. The van der Waals surface area contributed by atoms with Gasteiger partial charge >= 0.3 is 5.97 Å². The second-order valence-corrected chi connectivity index (χ2v) is 7.46. The van der Waals surface area contributed by atoms with E-state index >= 15 is 0 Å². The zero-order valence-corrected chi connectivity index (χ0v) is 13.6. The summed E-state index contributed by atoms with van der Waals surface area (Å²) in [6, 6.07) is -0.292. The van der Waals surface area contributed by atoms with E-state index in [-0.39, 0.29) is 30.0 Å². The van der Waals surface area contributed by atoms with Gasteiger partial charge in [-0.1, -0.05) is 0 Å². The van der Waals surface area contributed by atoms with Gasteiger partial charge in [-0.25, -0.2) is 0 Å². The van der Waals surface area contributed by atoms with Crippen LogP contribution in [-0.4, -0.2) is 47.0 Å². The van der Waals surface area contributed by atoms with Crippen molar-refractivity contribution in [2.75, 3.05) is 13.1 Å². The lowest BCUT2D eigenvalue weighted by Crippen LogP contribution is -2.49. The first-order valence-electron chi connectivity index (χ1n) is 7.26. The Kier molecular flexibility index (Phi) is 5.19. The number of carbonyl (C=O) groups excluding carboxylic acids is 2. The van der Waals surface area contributed by atoms with Crippen molar-refractivity contribution < 1.29 is 14.3 Å². The van der Waals surface area contributed by atoms with Crippen LogP contribution in [0.1, 0.15) is 54.4 Å². The molecule has 1 N–H and O–H groups in total. The van der Waals surface area contributed by atoms with E-state index in [1.54, 1.807) is 0 Å². The molecule has 1 aliphatic heterocycles. The maximum absolute atomic E-state index is 12.1. The molecule has 20 heavy (non-hydrogen) atoms. The Balaban J connectivity index is 2.57. The van der Waals surface area contributed by atoms with Gasteiger partial charge in [-0.05, 0) is 60.9 Å². The molecular formula is C15H28N2O3. The molecule has 0 aromatic rings. The number of rotatable bonds is 3. The third kappa shape index (κ3) is 5.90. The van der Waals surface area contributed by atoms with Gasteiger partial charge < -0.3 is 10.1 Å². The van der Waals surface area contributed by atoms with Gasteiger partial charge in [0.25, 0.3) is 0 Å². The summed E-state index contributed by atoms with van der Waals surface area (Å²) in [5.41, 5.74) is -0.739. The van der Waals surface area contributed by atoms with Crippen LogP contribution in [0.3, 0.4) is 0 Å². The fourth-order valence-corrected chi connectivity index (χ4v) is 2.29. The van der Waals surface area contributed by atoms with Crippen molar-refractivity contribution in [2.24, 2.45) is 0 Å². The summed E-state index contributed by atoms with van der Waals surface area (Å²) in [6.45, 7) is 12.4. The number of likely N-dealkylation sites (tertiary alicyclic amines) is 1. The fraction of sp³-hybridized carbons (Fsp3) is 0.867. The monoisotopic (exact) mass is 284 g/mol. The number of nitrogens with one attached hydrogen (secondary N) is 1. The fourth-order valence-electron chi connectivity index (χ4n) is 2.29. The molecule has 0 bridgehead atoms. The number of ether oxygens (including phenoxy) is 1. The van der Waals surface area contributed by atoms with Crippen molar-refractivity contribution in [3.63, 3.8) is 0 Å². The van der Waals surface area contributed by atoms with Gasteiger partial charge in [-0.3, -0.25) is 14.5 Å². The van der Waals surface area contributed by atoms with Crippen molar-refractivity contribution in [2.45, 2.75) is 71.6 Å². The maximum atomic E-state index is 12.1. The Hall–Kier alpha value is -1.10. The van der Waals surface area contributed by atoms with Crippen LogP contribution in [0, 0.1) is 0 Å². The molecule has 1 heterocycles. The van der Waals surface area contributed by atoms with Crippen molar-refractivity contribution in [3.05, 3.63) is 0 Å². The van der Waals surface area contributed by atoms with Gasteiger partial charge in [0, 0.05) is 5.54 Å². The first-order valence-corrected chi connectivity index (χ1v) is 7.26. The molecule has 0 aromatic carbocycles. The van der Waals surface area contributed by atoms with E-state index < -0.39 is 5.60 Å². The molecule has 0 saturated carbocycles. The molecule has 0 aliphatic carbocycles. The highest BCUT2D eigenvalue weighted by atomic mass is 16.6. The zero-order valence-electron chi connectivity index (χ0n) is 13.6. The highest BCUT2D eigenvalue weighted by molar-refractivity contribution is 5.81. The molecule has 0 unspecified atom stereocenters. The molecule has 116 valence electrons. The van der Waals surface area contributed by atoms with Crippen LogP contribution in [-0.2, 0) is 14.3 Å². The first-order chi connectivity index (χ1) is 8.98. The summed E-state index contributed by atoms with van der Waals surface area (Å²) in [4.78, 5) is 26.0. The Morgan fingerprint density at radius 3 is 2.30 bits per heavy atom. The molecule has 5 nitrogen and oxygen atoms in total. The normalized spacial score (nSPS) is 20.8. The maximum Gasteiger partial charge on any atom is 0.323 e. The Morgan fingerprint density at radius 2 is 1.80 bits per heavy atom. The van der Waals surface area contributed by atoms with Crippen LogP contribution in [0.25, 0.3) is 0 Å². The molecular weight excluding hydrogens is 256 g/mol. The summed E-state index contributed by atoms with van der Waals surface area (Å²) in [5.74, 6) is -0.272. The molecule has 5 heteroatoms. The van der Waals surface area contributed by atoms with Crippen LogP contribution in [0.15, 0.2) is 0 Å². The molecule has 1 rings (SSSR count). The van der Waals surface area contributed by atoms with Gasteiger partial charge in [-0.2, -0.15) is 0 Å². The topological polar surface area (TPSA) is 58.6 Å². The van der Waals surface area contributed by atoms with Crippen LogP contribution >= 0.6 is 0 Å². The van der Waals surface area contributed by atoms with Gasteiger partial charge in [0.05, 0.1) is 6.54 Å². The summed E-state index contributed by atoms with van der Waals surface area (Å²) in [7, 11) is 0. The second-order valence-electron chi connectivity index (χ2n) is 7.46. The third-order valence-corrected chi connectivity index (χ3v) is 2.90. The summed E-state index contributed by atoms with van der Waals surface area (Å²) < 4.78 is 5.42. The minimum atomic E-state index is -0.487. The number of nitrogens with zero attached hydrogens (tertiary/aromatic N) is 1.